The number of fused-ring (bicyclic) bond motifs is 1. The molecule has 8 heteroatoms. The van der Waals surface area contributed by atoms with Crippen LogP contribution in [0, 0.1) is 5.82 Å². The van der Waals surface area contributed by atoms with Crippen LogP contribution in [0.25, 0.3) is 16.3 Å². The molecule has 0 atom stereocenters. The molecule has 0 unspecified atom stereocenters. The van der Waals surface area contributed by atoms with E-state index in [4.69, 9.17) is 14.2 Å². The molecule has 1 amide bonds. The maximum atomic E-state index is 13.6. The number of halogens is 1. The Morgan fingerprint density at radius 1 is 1.17 bits per heavy atom. The van der Waals surface area contributed by atoms with Crippen molar-refractivity contribution in [2.45, 2.75) is 13.5 Å². The standard InChI is InChI=1S/C22H23FN2O4S/c1-4-29-12-11-25-17-8-7-16(23)14-20(17)30-22(25)24-21(26)10-6-15-5-9-18(27-2)19(13-15)28-3/h5-10,13-14H,4,11-12H2,1-3H3/b10-6-,24-22?. The Kier molecular flexibility index (Phi) is 7.37. The molecule has 0 spiro atoms. The quantitative estimate of drug-likeness (QED) is 0.400. The van der Waals surface area contributed by atoms with Gasteiger partial charge in [-0.25, -0.2) is 4.39 Å². The minimum atomic E-state index is -0.415. The van der Waals surface area contributed by atoms with Gasteiger partial charge >= 0.3 is 0 Å². The minimum absolute atomic E-state index is 0.327. The molecule has 0 saturated carbocycles. The molecular formula is C22H23FN2O4S. The zero-order chi connectivity index (χ0) is 21.5. The fraction of sp³-hybridized carbons (Fsp3) is 0.273. The third-order valence-electron chi connectivity index (χ3n) is 4.34. The van der Waals surface area contributed by atoms with Crippen LogP contribution in [0.5, 0.6) is 11.5 Å². The molecule has 2 aromatic carbocycles. The molecule has 3 aromatic rings. The number of methoxy groups -OCH3 is 2. The molecule has 1 aromatic heterocycles. The first-order valence-electron chi connectivity index (χ1n) is 9.41. The summed E-state index contributed by atoms with van der Waals surface area (Å²) in [5, 5.41) is 0. The number of carbonyl (C=O) groups is 1. The van der Waals surface area contributed by atoms with E-state index in [1.165, 1.54) is 29.5 Å². The average molecular weight is 431 g/mol. The van der Waals surface area contributed by atoms with Crippen LogP contribution in [0.4, 0.5) is 4.39 Å². The third-order valence-corrected chi connectivity index (χ3v) is 5.38. The fourth-order valence-electron chi connectivity index (χ4n) is 2.90. The lowest BCUT2D eigenvalue weighted by Gasteiger charge is -2.07. The molecule has 0 fully saturated rings. The van der Waals surface area contributed by atoms with Crippen LogP contribution in [0.15, 0.2) is 47.5 Å². The van der Waals surface area contributed by atoms with Crippen LogP contribution in [0.2, 0.25) is 0 Å². The lowest BCUT2D eigenvalue weighted by atomic mass is 10.2. The SMILES string of the molecule is CCOCCn1c(=NC(=O)/C=C\c2ccc(OC)c(OC)c2)sc2cc(F)ccc21. The van der Waals surface area contributed by atoms with Crippen LogP contribution >= 0.6 is 11.3 Å². The highest BCUT2D eigenvalue weighted by atomic mass is 32.1. The van der Waals surface area contributed by atoms with Gasteiger partial charge in [-0.1, -0.05) is 17.4 Å². The first-order chi connectivity index (χ1) is 14.5. The monoisotopic (exact) mass is 430 g/mol. The average Bonchev–Trinajstić information content (AvgIpc) is 3.08. The van der Waals surface area contributed by atoms with E-state index in [0.717, 1.165) is 15.8 Å². The lowest BCUT2D eigenvalue weighted by Crippen LogP contribution is -2.19. The fourth-order valence-corrected chi connectivity index (χ4v) is 3.99. The van der Waals surface area contributed by atoms with Gasteiger partial charge in [0.05, 0.1) is 31.0 Å². The highest BCUT2D eigenvalue weighted by molar-refractivity contribution is 7.16. The summed E-state index contributed by atoms with van der Waals surface area (Å²) < 4.78 is 32.1. The summed E-state index contributed by atoms with van der Waals surface area (Å²) in [6.07, 6.45) is 3.05. The largest absolute Gasteiger partial charge is 0.493 e. The number of hydrogen-bond donors (Lipinski definition) is 0. The van der Waals surface area contributed by atoms with Gasteiger partial charge in [0.25, 0.3) is 5.91 Å². The molecule has 6 nitrogen and oxygen atoms in total. The molecule has 0 N–H and O–H groups in total. The van der Waals surface area contributed by atoms with E-state index in [-0.39, 0.29) is 5.82 Å². The van der Waals surface area contributed by atoms with Crippen molar-refractivity contribution in [3.63, 3.8) is 0 Å². The number of benzene rings is 2. The molecule has 1 heterocycles. The Bertz CT molecular complexity index is 1130. The van der Waals surface area contributed by atoms with E-state index in [1.807, 2.05) is 17.6 Å². The van der Waals surface area contributed by atoms with Gasteiger partial charge in [-0.2, -0.15) is 4.99 Å². The van der Waals surface area contributed by atoms with Crippen molar-refractivity contribution in [3.05, 3.63) is 58.7 Å². The van der Waals surface area contributed by atoms with Gasteiger partial charge in [0.1, 0.15) is 5.82 Å². The number of aromatic nitrogens is 1. The van der Waals surface area contributed by atoms with Gasteiger partial charge in [0, 0.05) is 19.2 Å². The van der Waals surface area contributed by atoms with Gasteiger partial charge < -0.3 is 18.8 Å². The molecule has 30 heavy (non-hydrogen) atoms. The Morgan fingerprint density at radius 2 is 1.97 bits per heavy atom. The van der Waals surface area contributed by atoms with Crippen molar-refractivity contribution in [1.82, 2.24) is 4.57 Å². The van der Waals surface area contributed by atoms with Crippen molar-refractivity contribution >= 4 is 33.5 Å². The van der Waals surface area contributed by atoms with Crippen LogP contribution in [-0.4, -0.2) is 37.9 Å². The molecule has 0 aliphatic heterocycles. The predicted octanol–water partition coefficient (Wildman–Crippen LogP) is 4.04. The lowest BCUT2D eigenvalue weighted by molar-refractivity contribution is -0.113. The van der Waals surface area contributed by atoms with Crippen molar-refractivity contribution in [1.29, 1.82) is 0 Å². The van der Waals surface area contributed by atoms with Gasteiger partial charge in [-0.05, 0) is 48.9 Å². The van der Waals surface area contributed by atoms with Crippen molar-refractivity contribution in [3.8, 4) is 11.5 Å². The normalized spacial score (nSPS) is 12.1. The summed E-state index contributed by atoms with van der Waals surface area (Å²) in [7, 11) is 3.12. The van der Waals surface area contributed by atoms with E-state index in [9.17, 15) is 9.18 Å². The molecule has 0 bridgehead atoms. The Balaban J connectivity index is 1.90. The van der Waals surface area contributed by atoms with Gasteiger partial charge in [-0.15, -0.1) is 0 Å². The van der Waals surface area contributed by atoms with E-state index in [2.05, 4.69) is 4.99 Å². The van der Waals surface area contributed by atoms with Crippen LogP contribution in [0.3, 0.4) is 0 Å². The van der Waals surface area contributed by atoms with Crippen molar-refractivity contribution in [2.75, 3.05) is 27.4 Å². The first-order valence-corrected chi connectivity index (χ1v) is 10.2. The molecular weight excluding hydrogens is 407 g/mol. The van der Waals surface area contributed by atoms with Crippen LogP contribution in [-0.2, 0) is 16.1 Å². The molecule has 0 aliphatic carbocycles. The van der Waals surface area contributed by atoms with E-state index >= 15 is 0 Å². The van der Waals surface area contributed by atoms with Crippen molar-refractivity contribution in [2.24, 2.45) is 4.99 Å². The molecule has 3 rings (SSSR count). The Morgan fingerprint density at radius 3 is 2.70 bits per heavy atom. The minimum Gasteiger partial charge on any atom is -0.493 e. The zero-order valence-corrected chi connectivity index (χ0v) is 17.9. The summed E-state index contributed by atoms with van der Waals surface area (Å²) in [5.74, 6) is 0.441. The number of hydrogen-bond acceptors (Lipinski definition) is 5. The number of nitrogens with zero attached hydrogens (tertiary/aromatic N) is 2. The van der Waals surface area contributed by atoms with E-state index in [1.54, 1.807) is 38.5 Å². The van der Waals surface area contributed by atoms with Crippen LogP contribution < -0.4 is 14.3 Å². The van der Waals surface area contributed by atoms with Gasteiger partial charge in [0.2, 0.25) is 0 Å². The highest BCUT2D eigenvalue weighted by Gasteiger charge is 2.09. The maximum Gasteiger partial charge on any atom is 0.272 e. The molecule has 0 saturated heterocycles. The first kappa shape index (κ1) is 21.7. The van der Waals surface area contributed by atoms with Gasteiger partial charge in [-0.3, -0.25) is 4.79 Å². The van der Waals surface area contributed by atoms with E-state index in [0.29, 0.717) is 36.1 Å². The summed E-state index contributed by atoms with van der Waals surface area (Å²) in [6, 6.07) is 9.89. The number of amides is 1. The summed E-state index contributed by atoms with van der Waals surface area (Å²) >= 11 is 1.27. The Labute approximate surface area is 177 Å². The topological polar surface area (TPSA) is 62.1 Å². The van der Waals surface area contributed by atoms with E-state index < -0.39 is 5.91 Å². The summed E-state index contributed by atoms with van der Waals surface area (Å²) in [6.45, 7) is 3.50. The highest BCUT2D eigenvalue weighted by Crippen LogP contribution is 2.28. The number of rotatable bonds is 8. The molecule has 0 aliphatic rings. The second kappa shape index (κ2) is 10.2. The molecule has 0 radical (unpaired) electrons. The molecule has 158 valence electrons. The second-order valence-corrected chi connectivity index (χ2v) is 7.25. The number of thiazole rings is 1. The summed E-state index contributed by atoms with van der Waals surface area (Å²) in [4.78, 5) is 17.2. The van der Waals surface area contributed by atoms with Gasteiger partial charge in [0.15, 0.2) is 16.3 Å². The third kappa shape index (κ3) is 5.14. The number of ether oxygens (including phenoxy) is 3. The Hall–Kier alpha value is -2.97. The van der Waals surface area contributed by atoms with Crippen LogP contribution in [0.1, 0.15) is 12.5 Å². The zero-order valence-electron chi connectivity index (χ0n) is 17.1. The predicted molar refractivity (Wildman–Crippen MR) is 115 cm³/mol. The smallest absolute Gasteiger partial charge is 0.272 e. The maximum absolute atomic E-state index is 13.6. The van der Waals surface area contributed by atoms with Crippen molar-refractivity contribution < 1.29 is 23.4 Å². The summed E-state index contributed by atoms with van der Waals surface area (Å²) in [5.41, 5.74) is 1.59. The second-order valence-electron chi connectivity index (χ2n) is 6.24. The number of carbonyl (C=O) groups excluding carboxylic acids is 1.